The second-order valence-electron chi connectivity index (χ2n) is 5.78. The predicted octanol–water partition coefficient (Wildman–Crippen LogP) is 2.81. The Kier molecular flexibility index (Phi) is 5.19. The lowest BCUT2D eigenvalue weighted by Gasteiger charge is -2.35. The molecule has 0 bridgehead atoms. The van der Waals surface area contributed by atoms with Gasteiger partial charge in [0.2, 0.25) is 0 Å². The molecule has 1 saturated heterocycles. The number of aryl methyl sites for hydroxylation is 1. The van der Waals surface area contributed by atoms with Gasteiger partial charge in [-0.05, 0) is 68.5 Å². The molecular weight excluding hydrogens is 297 g/mol. The maximum absolute atomic E-state index is 10.2. The van der Waals surface area contributed by atoms with E-state index in [2.05, 4.69) is 5.32 Å². The van der Waals surface area contributed by atoms with E-state index in [9.17, 15) is 5.11 Å². The molecule has 112 valence electrons. The van der Waals surface area contributed by atoms with E-state index in [0.29, 0.717) is 16.9 Å². The highest BCUT2D eigenvalue weighted by molar-refractivity contribution is 6.30. The van der Waals surface area contributed by atoms with Crippen LogP contribution in [0.25, 0.3) is 0 Å². The standard InChI is InChI=1S/C15H20ClNO2.ClH/c1-9-4-12(16)2-3-14(9)19-15-6-11-8-17-7-10(11)5-13(15)18;/h2-4,10-11,13,15,17-18H,5-8H2,1H3;1H/t10-,11+,13+,15+;/m0./s1. The highest BCUT2D eigenvalue weighted by atomic mass is 35.5. The number of hydrogen-bond acceptors (Lipinski definition) is 3. The molecular formula is C15H21Cl2NO2. The van der Waals surface area contributed by atoms with Gasteiger partial charge in [-0.3, -0.25) is 0 Å². The maximum atomic E-state index is 10.2. The Morgan fingerprint density at radius 2 is 1.95 bits per heavy atom. The van der Waals surface area contributed by atoms with Crippen molar-refractivity contribution in [3.05, 3.63) is 28.8 Å². The van der Waals surface area contributed by atoms with Crippen molar-refractivity contribution < 1.29 is 9.84 Å². The third-order valence-corrected chi connectivity index (χ3v) is 4.64. The Morgan fingerprint density at radius 3 is 2.65 bits per heavy atom. The van der Waals surface area contributed by atoms with Crippen molar-refractivity contribution in [3.63, 3.8) is 0 Å². The van der Waals surface area contributed by atoms with Crippen LogP contribution in [0.1, 0.15) is 18.4 Å². The van der Waals surface area contributed by atoms with Crippen LogP contribution < -0.4 is 10.1 Å². The van der Waals surface area contributed by atoms with Crippen molar-refractivity contribution in [2.45, 2.75) is 32.0 Å². The molecule has 1 heterocycles. The van der Waals surface area contributed by atoms with Gasteiger partial charge in [-0.2, -0.15) is 0 Å². The molecule has 0 radical (unpaired) electrons. The minimum atomic E-state index is -0.365. The van der Waals surface area contributed by atoms with Gasteiger partial charge in [0.05, 0.1) is 6.10 Å². The van der Waals surface area contributed by atoms with Crippen LogP contribution >= 0.6 is 24.0 Å². The first-order valence-corrected chi connectivity index (χ1v) is 7.33. The Labute approximate surface area is 131 Å². The normalized spacial score (nSPS) is 32.4. The van der Waals surface area contributed by atoms with E-state index in [1.54, 1.807) is 0 Å². The molecule has 20 heavy (non-hydrogen) atoms. The molecule has 0 spiro atoms. The van der Waals surface area contributed by atoms with E-state index >= 15 is 0 Å². The molecule has 4 atom stereocenters. The van der Waals surface area contributed by atoms with Gasteiger partial charge >= 0.3 is 0 Å². The number of aliphatic hydroxyl groups excluding tert-OH is 1. The minimum absolute atomic E-state index is 0. The molecule has 1 aliphatic carbocycles. The fourth-order valence-corrected chi connectivity index (χ4v) is 3.52. The maximum Gasteiger partial charge on any atom is 0.125 e. The van der Waals surface area contributed by atoms with Gasteiger partial charge in [-0.15, -0.1) is 12.4 Å². The van der Waals surface area contributed by atoms with E-state index in [4.69, 9.17) is 16.3 Å². The SMILES string of the molecule is Cc1cc(Cl)ccc1O[C@@H]1C[C@@H]2CNC[C@@H]2C[C@H]1O.Cl. The van der Waals surface area contributed by atoms with Crippen molar-refractivity contribution in [2.75, 3.05) is 13.1 Å². The number of hydrogen-bond donors (Lipinski definition) is 2. The molecule has 5 heteroatoms. The molecule has 0 aromatic heterocycles. The van der Waals surface area contributed by atoms with Crippen molar-refractivity contribution in [1.29, 1.82) is 0 Å². The molecule has 1 aliphatic heterocycles. The zero-order chi connectivity index (χ0) is 13.4. The average Bonchev–Trinajstić information content (AvgIpc) is 2.80. The largest absolute Gasteiger partial charge is 0.487 e. The second-order valence-corrected chi connectivity index (χ2v) is 6.22. The fraction of sp³-hybridized carbons (Fsp3) is 0.600. The van der Waals surface area contributed by atoms with E-state index in [-0.39, 0.29) is 24.6 Å². The van der Waals surface area contributed by atoms with Gasteiger partial charge in [0, 0.05) is 5.02 Å². The zero-order valence-electron chi connectivity index (χ0n) is 11.5. The van der Waals surface area contributed by atoms with Crippen LogP contribution in [0, 0.1) is 18.8 Å². The van der Waals surface area contributed by atoms with Crippen molar-refractivity contribution in [1.82, 2.24) is 5.32 Å². The first kappa shape index (κ1) is 15.9. The lowest BCUT2D eigenvalue weighted by molar-refractivity contribution is -0.0234. The van der Waals surface area contributed by atoms with Crippen LogP contribution in [0.4, 0.5) is 0 Å². The van der Waals surface area contributed by atoms with Crippen molar-refractivity contribution >= 4 is 24.0 Å². The summed E-state index contributed by atoms with van der Waals surface area (Å²) in [5, 5.41) is 14.4. The van der Waals surface area contributed by atoms with Gasteiger partial charge in [0.25, 0.3) is 0 Å². The first-order chi connectivity index (χ1) is 9.13. The topological polar surface area (TPSA) is 41.5 Å². The molecule has 0 amide bonds. The van der Waals surface area contributed by atoms with Crippen LogP contribution in [-0.2, 0) is 0 Å². The average molecular weight is 318 g/mol. The Bertz CT molecular complexity index is 469. The Hall–Kier alpha value is -0.480. The molecule has 3 rings (SSSR count). The van der Waals surface area contributed by atoms with Crippen LogP contribution in [0.15, 0.2) is 18.2 Å². The second kappa shape index (κ2) is 6.52. The number of rotatable bonds is 2. The smallest absolute Gasteiger partial charge is 0.125 e. The van der Waals surface area contributed by atoms with Crippen molar-refractivity contribution in [2.24, 2.45) is 11.8 Å². The number of nitrogens with one attached hydrogen (secondary N) is 1. The number of ether oxygens (including phenoxy) is 1. The Morgan fingerprint density at radius 1 is 1.25 bits per heavy atom. The Balaban J connectivity index is 0.00000147. The molecule has 2 aliphatic rings. The van der Waals surface area contributed by atoms with E-state index in [0.717, 1.165) is 37.2 Å². The summed E-state index contributed by atoms with van der Waals surface area (Å²) in [5.41, 5.74) is 1.02. The van der Waals surface area contributed by atoms with Crippen LogP contribution in [0.3, 0.4) is 0 Å². The van der Waals surface area contributed by atoms with Gasteiger partial charge < -0.3 is 15.2 Å². The lowest BCUT2D eigenvalue weighted by Crippen LogP contribution is -2.42. The summed E-state index contributed by atoms with van der Waals surface area (Å²) in [6.45, 7) is 4.07. The summed E-state index contributed by atoms with van der Waals surface area (Å²) in [4.78, 5) is 0. The summed E-state index contributed by atoms with van der Waals surface area (Å²) in [6.07, 6.45) is 1.31. The molecule has 3 nitrogen and oxygen atoms in total. The van der Waals surface area contributed by atoms with E-state index < -0.39 is 0 Å². The minimum Gasteiger partial charge on any atom is -0.487 e. The van der Waals surface area contributed by atoms with Gasteiger partial charge in [-0.25, -0.2) is 0 Å². The summed E-state index contributed by atoms with van der Waals surface area (Å²) >= 11 is 5.95. The molecule has 1 aromatic carbocycles. The highest BCUT2D eigenvalue weighted by Gasteiger charge is 2.39. The third-order valence-electron chi connectivity index (χ3n) is 4.40. The summed E-state index contributed by atoms with van der Waals surface area (Å²) in [7, 11) is 0. The van der Waals surface area contributed by atoms with Crippen LogP contribution in [0.5, 0.6) is 5.75 Å². The number of halogens is 2. The van der Waals surface area contributed by atoms with Gasteiger partial charge in [0.15, 0.2) is 0 Å². The molecule has 1 aromatic rings. The van der Waals surface area contributed by atoms with Crippen molar-refractivity contribution in [3.8, 4) is 5.75 Å². The van der Waals surface area contributed by atoms with Crippen LogP contribution in [0.2, 0.25) is 5.02 Å². The van der Waals surface area contributed by atoms with Gasteiger partial charge in [0.1, 0.15) is 11.9 Å². The summed E-state index contributed by atoms with van der Waals surface area (Å²) in [5.74, 6) is 2.08. The fourth-order valence-electron chi connectivity index (χ4n) is 3.29. The van der Waals surface area contributed by atoms with E-state index in [1.165, 1.54) is 0 Å². The molecule has 1 saturated carbocycles. The lowest BCUT2D eigenvalue weighted by atomic mass is 9.78. The predicted molar refractivity (Wildman–Crippen MR) is 82.9 cm³/mol. The summed E-state index contributed by atoms with van der Waals surface area (Å²) < 4.78 is 6.03. The molecule has 0 unspecified atom stereocenters. The number of fused-ring (bicyclic) bond motifs is 1. The van der Waals surface area contributed by atoms with Crippen LogP contribution in [-0.4, -0.2) is 30.4 Å². The highest BCUT2D eigenvalue weighted by Crippen LogP contribution is 2.35. The zero-order valence-corrected chi connectivity index (χ0v) is 13.1. The van der Waals surface area contributed by atoms with E-state index in [1.807, 2.05) is 25.1 Å². The summed E-state index contributed by atoms with van der Waals surface area (Å²) in [6, 6.07) is 5.62. The monoisotopic (exact) mass is 317 g/mol. The molecule has 2 N–H and O–H groups in total. The quantitative estimate of drug-likeness (QED) is 0.881. The third kappa shape index (κ3) is 3.22. The van der Waals surface area contributed by atoms with Gasteiger partial charge in [-0.1, -0.05) is 11.6 Å². The number of aliphatic hydroxyl groups is 1. The molecule has 2 fully saturated rings. The number of benzene rings is 1. The first-order valence-electron chi connectivity index (χ1n) is 6.95.